The largest absolute Gasteiger partial charge is 0.378 e. The number of hydrogen-bond donors (Lipinski definition) is 0. The van der Waals surface area contributed by atoms with Crippen LogP contribution < -0.4 is 4.90 Å². The van der Waals surface area contributed by atoms with Crippen LogP contribution >= 0.6 is 0 Å². The summed E-state index contributed by atoms with van der Waals surface area (Å²) in [5.41, 5.74) is 8.07. The van der Waals surface area contributed by atoms with E-state index in [1.165, 1.54) is 38.7 Å². The van der Waals surface area contributed by atoms with Crippen LogP contribution in [0.25, 0.3) is 44.1 Å². The molecule has 5 rings (SSSR count). The minimum absolute atomic E-state index is 1.02. The van der Waals surface area contributed by atoms with Crippen LogP contribution in [-0.4, -0.2) is 19.1 Å². The highest BCUT2D eigenvalue weighted by Gasteiger charge is 2.14. The normalized spacial score (nSPS) is 11.1. The highest BCUT2D eigenvalue weighted by molar-refractivity contribution is 6.12. The van der Waals surface area contributed by atoms with Crippen molar-refractivity contribution < 1.29 is 0 Å². The average Bonchev–Trinajstić information content (AvgIpc) is 2.77. The fourth-order valence-corrected chi connectivity index (χ4v) is 4.02. The minimum Gasteiger partial charge on any atom is -0.378 e. The molecular formula is C27H22N2. The van der Waals surface area contributed by atoms with Crippen molar-refractivity contribution >= 4 is 27.5 Å². The van der Waals surface area contributed by atoms with Crippen LogP contribution in [0.15, 0.2) is 97.1 Å². The van der Waals surface area contributed by atoms with Gasteiger partial charge in [0.1, 0.15) is 0 Å². The van der Waals surface area contributed by atoms with Crippen LogP contribution in [0, 0.1) is 0 Å². The summed E-state index contributed by atoms with van der Waals surface area (Å²) >= 11 is 0. The third-order valence-electron chi connectivity index (χ3n) is 5.45. The van der Waals surface area contributed by atoms with Gasteiger partial charge in [0.05, 0.1) is 11.0 Å². The molecule has 0 aliphatic rings. The molecule has 5 aromatic rings. The van der Waals surface area contributed by atoms with Gasteiger partial charge in [-0.1, -0.05) is 78.9 Å². The maximum absolute atomic E-state index is 5.09. The third-order valence-corrected chi connectivity index (χ3v) is 5.45. The minimum atomic E-state index is 1.02. The number of benzene rings is 4. The molecular weight excluding hydrogens is 352 g/mol. The Labute approximate surface area is 171 Å². The van der Waals surface area contributed by atoms with E-state index >= 15 is 0 Å². The molecule has 29 heavy (non-hydrogen) atoms. The first-order chi connectivity index (χ1) is 14.2. The SMILES string of the molecule is CN(C)c1cccc(-c2c3ccccc3nc3c(-c4ccccc4)cccc23)c1. The molecule has 1 aromatic heterocycles. The van der Waals surface area contributed by atoms with E-state index in [1.807, 2.05) is 0 Å². The molecule has 0 aliphatic carbocycles. The van der Waals surface area contributed by atoms with Gasteiger partial charge in [0.2, 0.25) is 0 Å². The summed E-state index contributed by atoms with van der Waals surface area (Å²) in [6, 6.07) is 34.2. The van der Waals surface area contributed by atoms with Crippen LogP contribution in [0.2, 0.25) is 0 Å². The second kappa shape index (κ2) is 7.06. The van der Waals surface area contributed by atoms with Gasteiger partial charge in [0, 0.05) is 41.7 Å². The monoisotopic (exact) mass is 374 g/mol. The number of nitrogens with zero attached hydrogens (tertiary/aromatic N) is 2. The Morgan fingerprint density at radius 1 is 0.621 bits per heavy atom. The molecule has 0 atom stereocenters. The molecule has 140 valence electrons. The predicted octanol–water partition coefficient (Wildman–Crippen LogP) is 6.79. The standard InChI is InChI=1S/C27H22N2/c1-29(2)21-13-8-12-20(18-21)26-23-14-6-7-17-25(23)28-27-22(15-9-16-24(26)27)19-10-4-3-5-11-19/h3-18H,1-2H3. The zero-order chi connectivity index (χ0) is 19.8. The summed E-state index contributed by atoms with van der Waals surface area (Å²) in [4.78, 5) is 7.23. The molecule has 0 aliphatic heterocycles. The first kappa shape index (κ1) is 17.4. The molecule has 0 saturated heterocycles. The van der Waals surface area contributed by atoms with E-state index < -0.39 is 0 Å². The number of aromatic nitrogens is 1. The van der Waals surface area contributed by atoms with E-state index in [2.05, 4.69) is 116 Å². The molecule has 0 unspecified atom stereocenters. The molecule has 0 N–H and O–H groups in total. The van der Waals surface area contributed by atoms with Crippen molar-refractivity contribution in [1.29, 1.82) is 0 Å². The molecule has 0 fully saturated rings. The van der Waals surface area contributed by atoms with Crippen molar-refractivity contribution in [3.05, 3.63) is 97.1 Å². The second-order valence-electron chi connectivity index (χ2n) is 7.52. The van der Waals surface area contributed by atoms with Gasteiger partial charge < -0.3 is 4.90 Å². The van der Waals surface area contributed by atoms with E-state index in [4.69, 9.17) is 4.98 Å². The Morgan fingerprint density at radius 3 is 2.14 bits per heavy atom. The lowest BCUT2D eigenvalue weighted by atomic mass is 9.93. The van der Waals surface area contributed by atoms with Gasteiger partial charge in [-0.2, -0.15) is 0 Å². The van der Waals surface area contributed by atoms with Gasteiger partial charge in [0.15, 0.2) is 0 Å². The Morgan fingerprint density at radius 2 is 1.31 bits per heavy atom. The van der Waals surface area contributed by atoms with E-state index in [1.54, 1.807) is 0 Å². The van der Waals surface area contributed by atoms with Crippen LogP contribution in [0.1, 0.15) is 0 Å². The van der Waals surface area contributed by atoms with Crippen molar-refractivity contribution in [3.8, 4) is 22.3 Å². The molecule has 0 radical (unpaired) electrons. The maximum atomic E-state index is 5.09. The van der Waals surface area contributed by atoms with Crippen molar-refractivity contribution in [1.82, 2.24) is 4.98 Å². The zero-order valence-electron chi connectivity index (χ0n) is 16.6. The zero-order valence-corrected chi connectivity index (χ0v) is 16.6. The lowest BCUT2D eigenvalue weighted by Gasteiger charge is -2.17. The highest BCUT2D eigenvalue weighted by atomic mass is 15.1. The summed E-state index contributed by atoms with van der Waals surface area (Å²) in [5, 5.41) is 2.36. The predicted molar refractivity (Wildman–Crippen MR) is 124 cm³/mol. The number of fused-ring (bicyclic) bond motifs is 2. The van der Waals surface area contributed by atoms with E-state index in [9.17, 15) is 0 Å². The van der Waals surface area contributed by atoms with E-state index in [0.29, 0.717) is 0 Å². The van der Waals surface area contributed by atoms with Gasteiger partial charge in [-0.3, -0.25) is 0 Å². The molecule has 0 saturated carbocycles. The molecule has 0 spiro atoms. The number of hydrogen-bond acceptors (Lipinski definition) is 2. The Hall–Kier alpha value is -3.65. The Bertz CT molecular complexity index is 1320. The first-order valence-corrected chi connectivity index (χ1v) is 9.87. The van der Waals surface area contributed by atoms with Crippen LogP contribution in [0.5, 0.6) is 0 Å². The van der Waals surface area contributed by atoms with Gasteiger partial charge in [-0.05, 0) is 29.3 Å². The maximum Gasteiger partial charge on any atom is 0.0794 e. The topological polar surface area (TPSA) is 16.1 Å². The average molecular weight is 374 g/mol. The van der Waals surface area contributed by atoms with Crippen LogP contribution in [-0.2, 0) is 0 Å². The summed E-state index contributed by atoms with van der Waals surface area (Å²) in [6.07, 6.45) is 0. The fourth-order valence-electron chi connectivity index (χ4n) is 4.02. The lowest BCUT2D eigenvalue weighted by molar-refractivity contribution is 1.13. The van der Waals surface area contributed by atoms with Crippen molar-refractivity contribution in [3.63, 3.8) is 0 Å². The summed E-state index contributed by atoms with van der Waals surface area (Å²) in [5.74, 6) is 0. The fraction of sp³-hybridized carbons (Fsp3) is 0.0741. The van der Waals surface area contributed by atoms with Crippen molar-refractivity contribution in [2.45, 2.75) is 0 Å². The summed E-state index contributed by atoms with van der Waals surface area (Å²) < 4.78 is 0. The third kappa shape index (κ3) is 3.03. The number of rotatable bonds is 3. The highest BCUT2D eigenvalue weighted by Crippen LogP contribution is 2.39. The molecule has 0 amide bonds. The second-order valence-corrected chi connectivity index (χ2v) is 7.52. The summed E-state index contributed by atoms with van der Waals surface area (Å²) in [6.45, 7) is 0. The number of anilines is 1. The number of pyridine rings is 1. The molecule has 0 bridgehead atoms. The Balaban J connectivity index is 1.90. The quantitative estimate of drug-likeness (QED) is 0.323. The molecule has 2 heteroatoms. The van der Waals surface area contributed by atoms with Crippen molar-refractivity contribution in [2.75, 3.05) is 19.0 Å². The number of para-hydroxylation sites is 2. The Kier molecular flexibility index (Phi) is 4.25. The molecule has 4 aromatic carbocycles. The summed E-state index contributed by atoms with van der Waals surface area (Å²) in [7, 11) is 4.16. The van der Waals surface area contributed by atoms with Gasteiger partial charge in [-0.25, -0.2) is 4.98 Å². The first-order valence-electron chi connectivity index (χ1n) is 9.87. The van der Waals surface area contributed by atoms with Gasteiger partial charge >= 0.3 is 0 Å². The molecule has 1 heterocycles. The smallest absolute Gasteiger partial charge is 0.0794 e. The molecule has 2 nitrogen and oxygen atoms in total. The van der Waals surface area contributed by atoms with Gasteiger partial charge in [0.25, 0.3) is 0 Å². The van der Waals surface area contributed by atoms with Crippen LogP contribution in [0.4, 0.5) is 5.69 Å². The van der Waals surface area contributed by atoms with E-state index in [-0.39, 0.29) is 0 Å². The lowest BCUT2D eigenvalue weighted by Crippen LogP contribution is -2.08. The van der Waals surface area contributed by atoms with Crippen LogP contribution in [0.3, 0.4) is 0 Å². The van der Waals surface area contributed by atoms with Gasteiger partial charge in [-0.15, -0.1) is 0 Å². The van der Waals surface area contributed by atoms with Crippen molar-refractivity contribution in [2.24, 2.45) is 0 Å². The van der Waals surface area contributed by atoms with E-state index in [0.717, 1.165) is 11.0 Å².